The SMILES string of the molecule is N#Cc1ccc(NCC2CCCC2CO)c(Cl)c1. The second-order valence-electron chi connectivity index (χ2n) is 4.82. The van der Waals surface area contributed by atoms with E-state index in [4.69, 9.17) is 16.9 Å². The van der Waals surface area contributed by atoms with Crippen molar-refractivity contribution in [3.63, 3.8) is 0 Å². The number of nitriles is 1. The molecule has 4 heteroatoms. The van der Waals surface area contributed by atoms with Crippen LogP contribution in [0.25, 0.3) is 0 Å². The highest BCUT2D eigenvalue weighted by molar-refractivity contribution is 6.33. The van der Waals surface area contributed by atoms with Gasteiger partial charge in [0, 0.05) is 13.2 Å². The third kappa shape index (κ3) is 2.95. The second-order valence-corrected chi connectivity index (χ2v) is 5.23. The molecule has 96 valence electrons. The number of rotatable bonds is 4. The van der Waals surface area contributed by atoms with Gasteiger partial charge in [0.05, 0.1) is 22.3 Å². The molecule has 1 aromatic rings. The minimum Gasteiger partial charge on any atom is -0.396 e. The summed E-state index contributed by atoms with van der Waals surface area (Å²) in [6, 6.07) is 7.33. The molecule has 1 fully saturated rings. The van der Waals surface area contributed by atoms with Gasteiger partial charge in [-0.25, -0.2) is 0 Å². The number of benzene rings is 1. The molecule has 1 aromatic carbocycles. The lowest BCUT2D eigenvalue weighted by molar-refractivity contribution is 0.199. The lowest BCUT2D eigenvalue weighted by Crippen LogP contribution is -2.20. The Hall–Kier alpha value is -1.24. The predicted molar refractivity (Wildman–Crippen MR) is 72.6 cm³/mol. The summed E-state index contributed by atoms with van der Waals surface area (Å²) in [6.45, 7) is 1.10. The Kier molecular flexibility index (Phi) is 4.46. The fraction of sp³-hybridized carbons (Fsp3) is 0.500. The van der Waals surface area contributed by atoms with Crippen LogP contribution in [0.2, 0.25) is 5.02 Å². The summed E-state index contributed by atoms with van der Waals surface area (Å²) in [5.74, 6) is 0.927. The molecule has 0 aromatic heterocycles. The van der Waals surface area contributed by atoms with Gasteiger partial charge in [0.1, 0.15) is 0 Å². The maximum atomic E-state index is 9.27. The molecule has 2 N–H and O–H groups in total. The Morgan fingerprint density at radius 3 is 2.83 bits per heavy atom. The topological polar surface area (TPSA) is 56.0 Å². The summed E-state index contributed by atoms with van der Waals surface area (Å²) >= 11 is 6.10. The van der Waals surface area contributed by atoms with Gasteiger partial charge in [-0.05, 0) is 42.9 Å². The normalized spacial score (nSPS) is 22.7. The van der Waals surface area contributed by atoms with E-state index in [1.54, 1.807) is 12.1 Å². The average Bonchev–Trinajstić information content (AvgIpc) is 2.84. The quantitative estimate of drug-likeness (QED) is 0.879. The average molecular weight is 265 g/mol. The number of aliphatic hydroxyl groups excluding tert-OH is 1. The number of hydrogen-bond donors (Lipinski definition) is 2. The van der Waals surface area contributed by atoms with Crippen LogP contribution < -0.4 is 5.32 Å². The Balaban J connectivity index is 1.96. The van der Waals surface area contributed by atoms with Gasteiger partial charge in [-0.3, -0.25) is 0 Å². The first-order valence-corrected chi connectivity index (χ1v) is 6.66. The van der Waals surface area contributed by atoms with Gasteiger partial charge in [0.15, 0.2) is 0 Å². The maximum Gasteiger partial charge on any atom is 0.0992 e. The molecule has 0 bridgehead atoms. The molecular formula is C14H17ClN2O. The number of nitrogens with zero attached hydrogens (tertiary/aromatic N) is 1. The minimum absolute atomic E-state index is 0.271. The van der Waals surface area contributed by atoms with Crippen LogP contribution in [0.5, 0.6) is 0 Å². The smallest absolute Gasteiger partial charge is 0.0992 e. The highest BCUT2D eigenvalue weighted by atomic mass is 35.5. The predicted octanol–water partition coefficient (Wildman–Crippen LogP) is 3.03. The Labute approximate surface area is 112 Å². The van der Waals surface area contributed by atoms with Crippen molar-refractivity contribution in [3.05, 3.63) is 28.8 Å². The highest BCUT2D eigenvalue weighted by Crippen LogP contribution is 2.32. The molecule has 0 aliphatic heterocycles. The molecule has 18 heavy (non-hydrogen) atoms. The van der Waals surface area contributed by atoms with Crippen LogP contribution in [-0.2, 0) is 0 Å². The fourth-order valence-corrected chi connectivity index (χ4v) is 2.84. The Morgan fingerprint density at radius 2 is 2.17 bits per heavy atom. The number of aliphatic hydroxyl groups is 1. The summed E-state index contributed by atoms with van der Waals surface area (Å²) < 4.78 is 0. The summed E-state index contributed by atoms with van der Waals surface area (Å²) in [5, 5.41) is 21.9. The molecule has 0 spiro atoms. The number of hydrogen-bond acceptors (Lipinski definition) is 3. The number of nitrogens with one attached hydrogen (secondary N) is 1. The van der Waals surface area contributed by atoms with Crippen molar-refractivity contribution in [3.8, 4) is 6.07 Å². The molecular weight excluding hydrogens is 248 g/mol. The van der Waals surface area contributed by atoms with Crippen molar-refractivity contribution in [1.29, 1.82) is 5.26 Å². The highest BCUT2D eigenvalue weighted by Gasteiger charge is 2.26. The van der Waals surface area contributed by atoms with Crippen molar-refractivity contribution in [2.45, 2.75) is 19.3 Å². The van der Waals surface area contributed by atoms with Crippen molar-refractivity contribution < 1.29 is 5.11 Å². The third-order valence-corrected chi connectivity index (χ3v) is 4.02. The van der Waals surface area contributed by atoms with Crippen molar-refractivity contribution >= 4 is 17.3 Å². The van der Waals surface area contributed by atoms with E-state index in [0.717, 1.165) is 25.1 Å². The first-order chi connectivity index (χ1) is 8.74. The number of halogens is 1. The van der Waals surface area contributed by atoms with Gasteiger partial charge in [-0.15, -0.1) is 0 Å². The van der Waals surface area contributed by atoms with Crippen molar-refractivity contribution in [1.82, 2.24) is 0 Å². The van der Waals surface area contributed by atoms with E-state index in [9.17, 15) is 5.11 Å². The van der Waals surface area contributed by atoms with E-state index in [1.807, 2.05) is 6.07 Å². The molecule has 0 saturated heterocycles. The molecule has 0 heterocycles. The summed E-state index contributed by atoms with van der Waals surface area (Å²) in [7, 11) is 0. The van der Waals surface area contributed by atoms with Crippen LogP contribution in [0.1, 0.15) is 24.8 Å². The molecule has 1 aliphatic rings. The zero-order valence-corrected chi connectivity index (χ0v) is 11.0. The van der Waals surface area contributed by atoms with Gasteiger partial charge < -0.3 is 10.4 Å². The van der Waals surface area contributed by atoms with Crippen molar-refractivity contribution in [2.24, 2.45) is 11.8 Å². The first-order valence-electron chi connectivity index (χ1n) is 6.29. The summed E-state index contributed by atoms with van der Waals surface area (Å²) in [6.07, 6.45) is 3.47. The summed E-state index contributed by atoms with van der Waals surface area (Å²) in [5.41, 5.74) is 1.43. The standard InChI is InChI=1S/C14H17ClN2O/c15-13-6-10(7-16)4-5-14(13)17-8-11-2-1-3-12(11)9-18/h4-6,11-12,17-18H,1-3,8-9H2. The molecule has 1 aliphatic carbocycles. The zero-order valence-electron chi connectivity index (χ0n) is 10.2. The van der Waals surface area contributed by atoms with E-state index in [-0.39, 0.29) is 6.61 Å². The van der Waals surface area contributed by atoms with Gasteiger partial charge in [-0.1, -0.05) is 18.0 Å². The molecule has 0 radical (unpaired) electrons. The van der Waals surface area contributed by atoms with Gasteiger partial charge in [0.2, 0.25) is 0 Å². The van der Waals surface area contributed by atoms with Crippen LogP contribution in [0, 0.1) is 23.2 Å². The first kappa shape index (κ1) is 13.2. The van der Waals surface area contributed by atoms with E-state index >= 15 is 0 Å². The van der Waals surface area contributed by atoms with Crippen LogP contribution in [0.15, 0.2) is 18.2 Å². The monoisotopic (exact) mass is 264 g/mol. The molecule has 0 amide bonds. The largest absolute Gasteiger partial charge is 0.396 e. The van der Waals surface area contributed by atoms with Gasteiger partial charge in [-0.2, -0.15) is 5.26 Å². The molecule has 2 rings (SSSR count). The molecule has 3 nitrogen and oxygen atoms in total. The van der Waals surface area contributed by atoms with Gasteiger partial charge in [0.25, 0.3) is 0 Å². The van der Waals surface area contributed by atoms with Crippen LogP contribution in [0.3, 0.4) is 0 Å². The van der Waals surface area contributed by atoms with Crippen LogP contribution in [0.4, 0.5) is 5.69 Å². The molecule has 2 atom stereocenters. The number of anilines is 1. The third-order valence-electron chi connectivity index (χ3n) is 3.70. The van der Waals surface area contributed by atoms with E-state index in [0.29, 0.717) is 22.4 Å². The van der Waals surface area contributed by atoms with Crippen LogP contribution >= 0.6 is 11.6 Å². The van der Waals surface area contributed by atoms with Crippen molar-refractivity contribution in [2.75, 3.05) is 18.5 Å². The lowest BCUT2D eigenvalue weighted by Gasteiger charge is -2.19. The van der Waals surface area contributed by atoms with E-state index < -0.39 is 0 Å². The Bertz CT molecular complexity index is 456. The Morgan fingerprint density at radius 1 is 1.39 bits per heavy atom. The van der Waals surface area contributed by atoms with Gasteiger partial charge >= 0.3 is 0 Å². The van der Waals surface area contributed by atoms with E-state index in [2.05, 4.69) is 11.4 Å². The molecule has 1 saturated carbocycles. The van der Waals surface area contributed by atoms with E-state index in [1.165, 1.54) is 6.42 Å². The molecule has 2 unspecified atom stereocenters. The maximum absolute atomic E-state index is 9.27. The summed E-state index contributed by atoms with van der Waals surface area (Å²) in [4.78, 5) is 0. The second kappa shape index (κ2) is 6.08. The van der Waals surface area contributed by atoms with Crippen LogP contribution in [-0.4, -0.2) is 18.3 Å². The zero-order chi connectivity index (χ0) is 13.0. The fourth-order valence-electron chi connectivity index (χ4n) is 2.59. The lowest BCUT2D eigenvalue weighted by atomic mass is 9.97. The minimum atomic E-state index is 0.271.